The molecule has 0 bridgehead atoms. The molecule has 4 aromatic rings. The Bertz CT molecular complexity index is 1610. The molecule has 0 aliphatic heterocycles. The van der Waals surface area contributed by atoms with Crippen LogP contribution in [0.2, 0.25) is 0 Å². The summed E-state index contributed by atoms with van der Waals surface area (Å²) in [6.45, 7) is 4.60. The molecule has 0 aromatic carbocycles. The first kappa shape index (κ1) is 30.3. The van der Waals surface area contributed by atoms with Gasteiger partial charge in [-0.3, -0.25) is 4.98 Å². The molecule has 0 amide bonds. The number of aromatic nitrogens is 5. The van der Waals surface area contributed by atoms with E-state index < -0.39 is 29.2 Å². The molecule has 232 valence electrons. The maximum absolute atomic E-state index is 14.9. The number of halogens is 5. The molecule has 2 aliphatic rings. The van der Waals surface area contributed by atoms with Gasteiger partial charge in [0.25, 0.3) is 0 Å². The van der Waals surface area contributed by atoms with E-state index in [9.17, 15) is 22.0 Å². The Labute approximate surface area is 254 Å². The van der Waals surface area contributed by atoms with Crippen molar-refractivity contribution < 1.29 is 22.0 Å². The van der Waals surface area contributed by atoms with Crippen LogP contribution in [0.3, 0.4) is 0 Å². The van der Waals surface area contributed by atoms with Gasteiger partial charge in [-0.05, 0) is 91.8 Å². The Balaban J connectivity index is 1.55. The second-order valence-corrected chi connectivity index (χ2v) is 13.4. The minimum atomic E-state index is -4.57. The Kier molecular flexibility index (Phi) is 7.82. The molecule has 0 radical (unpaired) electrons. The summed E-state index contributed by atoms with van der Waals surface area (Å²) in [5.41, 5.74) is 0.0571. The highest BCUT2D eigenvalue weighted by Gasteiger charge is 2.49. The molecule has 0 atom stereocenters. The number of pyridine rings is 3. The van der Waals surface area contributed by atoms with Crippen LogP contribution < -0.4 is 0 Å². The van der Waals surface area contributed by atoms with E-state index in [2.05, 4.69) is 23.9 Å². The molecule has 2 fully saturated rings. The molecule has 0 unspecified atom stereocenters. The van der Waals surface area contributed by atoms with Crippen molar-refractivity contribution in [1.82, 2.24) is 24.7 Å². The molecule has 2 saturated carbocycles. The predicted molar refractivity (Wildman–Crippen MR) is 157 cm³/mol. The third kappa shape index (κ3) is 6.00. The van der Waals surface area contributed by atoms with Crippen LogP contribution in [0, 0.1) is 22.7 Å². The van der Waals surface area contributed by atoms with Crippen molar-refractivity contribution in [3.8, 4) is 17.1 Å². The Hall–Kier alpha value is -3.69. The molecular weight excluding hydrogens is 573 g/mol. The minimum Gasteiger partial charge on any atom is -0.252 e. The van der Waals surface area contributed by atoms with Crippen molar-refractivity contribution in [3.05, 3.63) is 89.8 Å². The fourth-order valence-corrected chi connectivity index (χ4v) is 7.70. The number of rotatable bonds is 8. The topological polar surface area (TPSA) is 56.5 Å². The van der Waals surface area contributed by atoms with E-state index in [1.54, 1.807) is 12.1 Å². The van der Waals surface area contributed by atoms with Crippen molar-refractivity contribution in [3.63, 3.8) is 0 Å². The molecule has 10 heteroatoms. The van der Waals surface area contributed by atoms with Crippen LogP contribution in [-0.4, -0.2) is 24.7 Å². The van der Waals surface area contributed by atoms with E-state index in [0.717, 1.165) is 81.0 Å². The second kappa shape index (κ2) is 11.3. The van der Waals surface area contributed by atoms with Crippen molar-refractivity contribution in [1.29, 1.82) is 0 Å². The van der Waals surface area contributed by atoms with E-state index in [0.29, 0.717) is 17.1 Å². The first-order valence-corrected chi connectivity index (χ1v) is 15.3. The van der Waals surface area contributed by atoms with E-state index in [-0.39, 0.29) is 22.2 Å². The van der Waals surface area contributed by atoms with Crippen LogP contribution >= 0.6 is 0 Å². The summed E-state index contributed by atoms with van der Waals surface area (Å²) in [6, 6.07) is 14.3. The van der Waals surface area contributed by atoms with Gasteiger partial charge in [0.1, 0.15) is 0 Å². The van der Waals surface area contributed by atoms with Crippen molar-refractivity contribution in [2.75, 3.05) is 0 Å². The number of nitrogens with zero attached hydrogens (tertiary/aromatic N) is 5. The van der Waals surface area contributed by atoms with Crippen molar-refractivity contribution in [2.24, 2.45) is 10.8 Å². The quantitative estimate of drug-likeness (QED) is 0.148. The van der Waals surface area contributed by atoms with E-state index in [4.69, 9.17) is 9.97 Å². The Morgan fingerprint density at radius 3 is 1.86 bits per heavy atom. The summed E-state index contributed by atoms with van der Waals surface area (Å²) < 4.78 is 70.0. The van der Waals surface area contributed by atoms with E-state index >= 15 is 0 Å². The fourth-order valence-electron chi connectivity index (χ4n) is 7.70. The largest absolute Gasteiger partial charge is 0.435 e. The first-order valence-electron chi connectivity index (χ1n) is 15.3. The Morgan fingerprint density at radius 2 is 1.30 bits per heavy atom. The summed E-state index contributed by atoms with van der Waals surface area (Å²) in [7, 11) is 0. The molecule has 6 rings (SSSR count). The second-order valence-electron chi connectivity index (χ2n) is 13.4. The van der Waals surface area contributed by atoms with Gasteiger partial charge >= 0.3 is 6.18 Å². The third-order valence-electron chi connectivity index (χ3n) is 9.75. The molecule has 4 heterocycles. The molecule has 44 heavy (non-hydrogen) atoms. The highest BCUT2D eigenvalue weighted by molar-refractivity contribution is 5.59. The summed E-state index contributed by atoms with van der Waals surface area (Å²) in [4.78, 5) is 13.5. The Morgan fingerprint density at radius 1 is 0.705 bits per heavy atom. The summed E-state index contributed by atoms with van der Waals surface area (Å²) in [5, 5.41) is 3.79. The highest BCUT2D eigenvalue weighted by Crippen LogP contribution is 2.56. The van der Waals surface area contributed by atoms with Crippen LogP contribution in [0.5, 0.6) is 0 Å². The van der Waals surface area contributed by atoms with Gasteiger partial charge in [-0.1, -0.05) is 51.7 Å². The minimum absolute atomic E-state index is 0.0256. The van der Waals surface area contributed by atoms with Crippen LogP contribution in [0.15, 0.2) is 60.8 Å². The first-order chi connectivity index (χ1) is 20.9. The SMILES string of the molecule is CC1(CC(CC2(C)CCCC2)(c2cccc(-c3ccc(F)nc3F)n2)c2cccc(-n3ccc(C(F)(F)F)n3)n2)CCCC1. The maximum atomic E-state index is 14.9. The van der Waals surface area contributed by atoms with Crippen LogP contribution in [-0.2, 0) is 11.6 Å². The molecule has 5 nitrogen and oxygen atoms in total. The number of hydrogen-bond acceptors (Lipinski definition) is 4. The molecular formula is C34H36F5N5. The van der Waals surface area contributed by atoms with Crippen LogP contribution in [0.25, 0.3) is 17.1 Å². The molecule has 4 aromatic heterocycles. The zero-order valence-corrected chi connectivity index (χ0v) is 25.0. The van der Waals surface area contributed by atoms with Gasteiger partial charge < -0.3 is 0 Å². The maximum Gasteiger partial charge on any atom is 0.435 e. The van der Waals surface area contributed by atoms with Crippen LogP contribution in [0.1, 0.15) is 95.1 Å². The average molecular weight is 610 g/mol. The van der Waals surface area contributed by atoms with E-state index in [1.165, 1.54) is 12.3 Å². The van der Waals surface area contributed by atoms with Gasteiger partial charge in [0.2, 0.25) is 11.9 Å². The standard InChI is InChI=1S/C34H36F5N5/c1-31(16-3-4-17-31)21-33(22-32(2)18-5-6-19-32,25-10-7-9-24(40-25)23-13-14-28(35)42-30(23)36)26-11-8-12-29(41-26)44-20-15-27(43-44)34(37,38)39/h7-15,20H,3-6,16-19,21-22H2,1-2H3. The summed E-state index contributed by atoms with van der Waals surface area (Å²) in [5.74, 6) is -1.57. The summed E-state index contributed by atoms with van der Waals surface area (Å²) in [6.07, 6.45) is 6.76. The molecule has 2 aliphatic carbocycles. The molecule has 0 N–H and O–H groups in total. The van der Waals surface area contributed by atoms with Gasteiger partial charge in [0.15, 0.2) is 11.5 Å². The van der Waals surface area contributed by atoms with Gasteiger partial charge in [0, 0.05) is 6.20 Å². The lowest BCUT2D eigenvalue weighted by Gasteiger charge is -2.44. The third-order valence-corrected chi connectivity index (χ3v) is 9.75. The smallest absolute Gasteiger partial charge is 0.252 e. The average Bonchev–Trinajstić information content (AvgIpc) is 3.74. The zero-order valence-electron chi connectivity index (χ0n) is 25.0. The normalized spacial score (nSPS) is 18.2. The lowest BCUT2D eigenvalue weighted by Crippen LogP contribution is -2.40. The van der Waals surface area contributed by atoms with Crippen molar-refractivity contribution >= 4 is 0 Å². The summed E-state index contributed by atoms with van der Waals surface area (Å²) >= 11 is 0. The van der Waals surface area contributed by atoms with Gasteiger partial charge in [-0.2, -0.15) is 32.0 Å². The predicted octanol–water partition coefficient (Wildman–Crippen LogP) is 9.25. The van der Waals surface area contributed by atoms with Gasteiger partial charge in [-0.15, -0.1) is 0 Å². The zero-order chi connectivity index (χ0) is 31.2. The molecule has 0 spiro atoms. The monoisotopic (exact) mass is 609 g/mol. The number of hydrogen-bond donors (Lipinski definition) is 0. The van der Waals surface area contributed by atoms with Gasteiger partial charge in [0.05, 0.1) is 28.1 Å². The highest BCUT2D eigenvalue weighted by atomic mass is 19.4. The van der Waals surface area contributed by atoms with E-state index in [1.807, 2.05) is 24.3 Å². The lowest BCUT2D eigenvalue weighted by molar-refractivity contribution is -0.141. The lowest BCUT2D eigenvalue weighted by atomic mass is 9.60. The van der Waals surface area contributed by atoms with Crippen LogP contribution in [0.4, 0.5) is 22.0 Å². The number of alkyl halides is 3. The fraction of sp³-hybridized carbons (Fsp3) is 0.471. The van der Waals surface area contributed by atoms with Gasteiger partial charge in [-0.25, -0.2) is 9.67 Å². The van der Waals surface area contributed by atoms with Crippen molar-refractivity contribution in [2.45, 2.75) is 89.6 Å². The molecule has 0 saturated heterocycles.